The van der Waals surface area contributed by atoms with Crippen molar-refractivity contribution in [3.05, 3.63) is 36.5 Å². The molecule has 4 heteroatoms. The second kappa shape index (κ2) is 5.45. The highest BCUT2D eigenvalue weighted by Gasteiger charge is 2.22. The Morgan fingerprint density at radius 3 is 3.11 bits per heavy atom. The van der Waals surface area contributed by atoms with Gasteiger partial charge in [-0.15, -0.1) is 0 Å². The lowest BCUT2D eigenvalue weighted by Gasteiger charge is -2.20. The Bertz CT molecular complexity index is 518. The van der Waals surface area contributed by atoms with E-state index in [-0.39, 0.29) is 0 Å². The number of H-pyrrole nitrogens is 1. The zero-order chi connectivity index (χ0) is 13.1. The van der Waals surface area contributed by atoms with E-state index in [4.69, 9.17) is 4.74 Å². The first-order valence-electron chi connectivity index (χ1n) is 6.77. The molecule has 2 N–H and O–H groups in total. The van der Waals surface area contributed by atoms with E-state index in [1.54, 1.807) is 6.20 Å². The molecule has 1 aromatic carbocycles. The van der Waals surface area contributed by atoms with Gasteiger partial charge in [-0.25, -0.2) is 0 Å². The van der Waals surface area contributed by atoms with E-state index < -0.39 is 0 Å². The third kappa shape index (κ3) is 2.79. The van der Waals surface area contributed by atoms with Gasteiger partial charge < -0.3 is 10.1 Å². The molecule has 2 heterocycles. The number of nitrogens with zero attached hydrogens (tertiary/aromatic N) is 1. The highest BCUT2D eigenvalue weighted by atomic mass is 16.5. The van der Waals surface area contributed by atoms with Crippen LogP contribution >= 0.6 is 0 Å². The van der Waals surface area contributed by atoms with Crippen LogP contribution in [0.4, 0.5) is 5.69 Å². The maximum Gasteiger partial charge on any atom is 0.0650 e. The SMILES string of the molecule is C[C@@H](Nc1cccc(-c2ccn[nH]2)c1)[C@H]1CCOC1. The average Bonchev–Trinajstić information content (AvgIpc) is 3.13. The molecule has 0 amide bonds. The lowest BCUT2D eigenvalue weighted by molar-refractivity contribution is 0.183. The second-order valence-corrected chi connectivity index (χ2v) is 5.11. The molecule has 1 fully saturated rings. The summed E-state index contributed by atoms with van der Waals surface area (Å²) in [6, 6.07) is 10.8. The van der Waals surface area contributed by atoms with Crippen LogP contribution in [0.15, 0.2) is 36.5 Å². The average molecular weight is 257 g/mol. The Balaban J connectivity index is 1.72. The Kier molecular flexibility index (Phi) is 3.51. The van der Waals surface area contributed by atoms with Gasteiger partial charge >= 0.3 is 0 Å². The number of benzene rings is 1. The van der Waals surface area contributed by atoms with Crippen LogP contribution < -0.4 is 5.32 Å². The Morgan fingerprint density at radius 1 is 1.42 bits per heavy atom. The van der Waals surface area contributed by atoms with E-state index in [1.165, 1.54) is 0 Å². The minimum absolute atomic E-state index is 0.430. The molecule has 0 unspecified atom stereocenters. The lowest BCUT2D eigenvalue weighted by atomic mass is 10.0. The van der Waals surface area contributed by atoms with Gasteiger partial charge in [-0.2, -0.15) is 5.10 Å². The minimum atomic E-state index is 0.430. The molecule has 100 valence electrons. The lowest BCUT2D eigenvalue weighted by Crippen LogP contribution is -2.26. The quantitative estimate of drug-likeness (QED) is 0.885. The molecule has 1 saturated heterocycles. The van der Waals surface area contributed by atoms with Crippen LogP contribution in [0.2, 0.25) is 0 Å². The summed E-state index contributed by atoms with van der Waals surface area (Å²) in [6.45, 7) is 3.99. The van der Waals surface area contributed by atoms with Crippen LogP contribution in [0.1, 0.15) is 13.3 Å². The predicted molar refractivity (Wildman–Crippen MR) is 76.0 cm³/mol. The van der Waals surface area contributed by atoms with Crippen molar-refractivity contribution < 1.29 is 4.74 Å². The molecule has 1 aromatic heterocycles. The van der Waals surface area contributed by atoms with Crippen LogP contribution in [0.3, 0.4) is 0 Å². The summed E-state index contributed by atoms with van der Waals surface area (Å²) in [5.74, 6) is 0.607. The fourth-order valence-corrected chi connectivity index (χ4v) is 2.52. The smallest absolute Gasteiger partial charge is 0.0650 e. The van der Waals surface area contributed by atoms with E-state index in [9.17, 15) is 0 Å². The van der Waals surface area contributed by atoms with Gasteiger partial charge in [-0.1, -0.05) is 12.1 Å². The van der Waals surface area contributed by atoms with E-state index in [0.29, 0.717) is 12.0 Å². The third-order valence-corrected chi connectivity index (χ3v) is 3.74. The van der Waals surface area contributed by atoms with Crippen LogP contribution in [0.25, 0.3) is 11.3 Å². The van der Waals surface area contributed by atoms with Crippen molar-refractivity contribution in [1.82, 2.24) is 10.2 Å². The molecule has 0 spiro atoms. The minimum Gasteiger partial charge on any atom is -0.382 e. The second-order valence-electron chi connectivity index (χ2n) is 5.11. The number of anilines is 1. The largest absolute Gasteiger partial charge is 0.382 e. The van der Waals surface area contributed by atoms with Crippen LogP contribution in [-0.4, -0.2) is 29.5 Å². The number of ether oxygens (including phenoxy) is 1. The molecule has 1 aliphatic heterocycles. The molecular weight excluding hydrogens is 238 g/mol. The van der Waals surface area contributed by atoms with Gasteiger partial charge in [0, 0.05) is 36.0 Å². The summed E-state index contributed by atoms with van der Waals surface area (Å²) in [7, 11) is 0. The summed E-state index contributed by atoms with van der Waals surface area (Å²) < 4.78 is 5.45. The Morgan fingerprint density at radius 2 is 2.37 bits per heavy atom. The highest BCUT2D eigenvalue weighted by molar-refractivity contribution is 5.64. The fraction of sp³-hybridized carbons (Fsp3) is 0.400. The topological polar surface area (TPSA) is 49.9 Å². The van der Waals surface area contributed by atoms with Crippen molar-refractivity contribution in [2.24, 2.45) is 5.92 Å². The summed E-state index contributed by atoms with van der Waals surface area (Å²) >= 11 is 0. The Labute approximate surface area is 113 Å². The molecular formula is C15H19N3O. The molecule has 2 atom stereocenters. The normalized spacial score (nSPS) is 20.4. The number of aromatic nitrogens is 2. The van der Waals surface area contributed by atoms with Gasteiger partial charge in [-0.3, -0.25) is 5.10 Å². The zero-order valence-electron chi connectivity index (χ0n) is 11.1. The molecule has 0 saturated carbocycles. The first kappa shape index (κ1) is 12.2. The van der Waals surface area contributed by atoms with Gasteiger partial charge in [0.2, 0.25) is 0 Å². The highest BCUT2D eigenvalue weighted by Crippen LogP contribution is 2.24. The number of aromatic amines is 1. The summed E-state index contributed by atoms with van der Waals surface area (Å²) in [5.41, 5.74) is 3.34. The number of rotatable bonds is 4. The first-order chi connectivity index (χ1) is 9.33. The van der Waals surface area contributed by atoms with Crippen molar-refractivity contribution in [3.63, 3.8) is 0 Å². The fourth-order valence-electron chi connectivity index (χ4n) is 2.52. The van der Waals surface area contributed by atoms with E-state index >= 15 is 0 Å². The van der Waals surface area contributed by atoms with Crippen molar-refractivity contribution in [1.29, 1.82) is 0 Å². The standard InChI is InChI=1S/C15H19N3O/c1-11(13-6-8-19-10-13)17-14-4-2-3-12(9-14)15-5-7-16-18-15/h2-5,7,9,11,13,17H,6,8,10H2,1H3,(H,16,18)/t11-,13+/m1/s1. The van der Waals surface area contributed by atoms with Crippen molar-refractivity contribution in [3.8, 4) is 11.3 Å². The summed E-state index contributed by atoms with van der Waals surface area (Å²) in [6.07, 6.45) is 2.92. The maximum atomic E-state index is 5.45. The van der Waals surface area contributed by atoms with Gasteiger partial charge in [0.25, 0.3) is 0 Å². The van der Waals surface area contributed by atoms with Gasteiger partial charge in [0.05, 0.1) is 12.3 Å². The molecule has 19 heavy (non-hydrogen) atoms. The summed E-state index contributed by atoms with van der Waals surface area (Å²) in [5, 5.41) is 10.6. The predicted octanol–water partition coefficient (Wildman–Crippen LogP) is 2.91. The van der Waals surface area contributed by atoms with Crippen LogP contribution in [0.5, 0.6) is 0 Å². The van der Waals surface area contributed by atoms with Crippen LogP contribution in [-0.2, 0) is 4.74 Å². The maximum absolute atomic E-state index is 5.45. The molecule has 2 aromatic rings. The monoisotopic (exact) mass is 257 g/mol. The molecule has 0 bridgehead atoms. The molecule has 1 aliphatic rings. The van der Waals surface area contributed by atoms with E-state index in [1.807, 2.05) is 6.07 Å². The third-order valence-electron chi connectivity index (χ3n) is 3.74. The van der Waals surface area contributed by atoms with Crippen molar-refractivity contribution >= 4 is 5.69 Å². The number of hydrogen-bond acceptors (Lipinski definition) is 3. The Hall–Kier alpha value is -1.81. The zero-order valence-corrected chi connectivity index (χ0v) is 11.1. The van der Waals surface area contributed by atoms with E-state index in [2.05, 4.69) is 46.7 Å². The van der Waals surface area contributed by atoms with Crippen molar-refractivity contribution in [2.75, 3.05) is 18.5 Å². The molecule has 4 nitrogen and oxygen atoms in total. The van der Waals surface area contributed by atoms with Gasteiger partial charge in [0.1, 0.15) is 0 Å². The first-order valence-corrected chi connectivity index (χ1v) is 6.77. The molecule has 0 aliphatic carbocycles. The molecule has 0 radical (unpaired) electrons. The van der Waals surface area contributed by atoms with Gasteiger partial charge in [0.15, 0.2) is 0 Å². The van der Waals surface area contributed by atoms with Gasteiger partial charge in [-0.05, 0) is 31.5 Å². The van der Waals surface area contributed by atoms with E-state index in [0.717, 1.165) is 36.6 Å². The van der Waals surface area contributed by atoms with Crippen molar-refractivity contribution in [2.45, 2.75) is 19.4 Å². The number of hydrogen-bond donors (Lipinski definition) is 2. The summed E-state index contributed by atoms with van der Waals surface area (Å²) in [4.78, 5) is 0. The number of nitrogens with one attached hydrogen (secondary N) is 2. The molecule has 3 rings (SSSR count). The van der Waals surface area contributed by atoms with Crippen LogP contribution in [0, 0.1) is 5.92 Å².